The zero-order chi connectivity index (χ0) is 13.7. The third-order valence-electron chi connectivity index (χ3n) is 3.26. The van der Waals surface area contributed by atoms with E-state index in [1.54, 1.807) is 0 Å². The molecule has 2 heterocycles. The lowest BCUT2D eigenvalue weighted by atomic mass is 10.0. The van der Waals surface area contributed by atoms with Crippen molar-refractivity contribution in [2.45, 2.75) is 46.2 Å². The van der Waals surface area contributed by atoms with Crippen molar-refractivity contribution in [1.29, 1.82) is 0 Å². The van der Waals surface area contributed by atoms with Crippen molar-refractivity contribution in [2.75, 3.05) is 0 Å². The normalized spacial score (nSPS) is 13.1. The van der Waals surface area contributed by atoms with E-state index in [1.165, 1.54) is 28.2 Å². The summed E-state index contributed by atoms with van der Waals surface area (Å²) in [5.74, 6) is 0.802. The molecule has 1 nitrogen and oxygen atoms in total. The van der Waals surface area contributed by atoms with E-state index in [9.17, 15) is 0 Å². The van der Waals surface area contributed by atoms with Crippen LogP contribution in [0, 0.1) is 5.92 Å². The summed E-state index contributed by atoms with van der Waals surface area (Å²) in [6.45, 7) is 7.87. The summed E-state index contributed by atoms with van der Waals surface area (Å²) >= 11 is 3.67. The number of rotatable bonds is 7. The topological polar surface area (TPSA) is 12.0 Å². The minimum Gasteiger partial charge on any atom is -0.309 e. The quantitative estimate of drug-likeness (QED) is 0.721. The van der Waals surface area contributed by atoms with Gasteiger partial charge >= 0.3 is 0 Å². The van der Waals surface area contributed by atoms with Gasteiger partial charge in [0.25, 0.3) is 0 Å². The predicted octanol–water partition coefficient (Wildman–Crippen LogP) is 5.39. The van der Waals surface area contributed by atoms with Gasteiger partial charge in [-0.15, -0.1) is 22.7 Å². The maximum Gasteiger partial charge on any atom is 0.0351 e. The lowest BCUT2D eigenvalue weighted by Gasteiger charge is -2.14. The zero-order valence-electron chi connectivity index (χ0n) is 12.0. The van der Waals surface area contributed by atoms with Crippen LogP contribution in [0.15, 0.2) is 29.0 Å². The molecule has 0 saturated heterocycles. The van der Waals surface area contributed by atoms with E-state index in [0.29, 0.717) is 6.04 Å². The van der Waals surface area contributed by atoms with E-state index >= 15 is 0 Å². The van der Waals surface area contributed by atoms with Gasteiger partial charge in [0, 0.05) is 27.9 Å². The summed E-state index contributed by atoms with van der Waals surface area (Å²) < 4.78 is 0. The van der Waals surface area contributed by atoms with Gasteiger partial charge in [-0.25, -0.2) is 0 Å². The minimum atomic E-state index is 0.606. The Morgan fingerprint density at radius 2 is 2.00 bits per heavy atom. The van der Waals surface area contributed by atoms with Gasteiger partial charge in [-0.1, -0.05) is 19.9 Å². The summed E-state index contributed by atoms with van der Waals surface area (Å²) in [6.07, 6.45) is 2.57. The maximum absolute atomic E-state index is 3.63. The fourth-order valence-electron chi connectivity index (χ4n) is 2.01. The van der Waals surface area contributed by atoms with Crippen molar-refractivity contribution in [3.8, 4) is 10.4 Å². The summed E-state index contributed by atoms with van der Waals surface area (Å²) in [6, 6.07) is 7.23. The molecule has 1 atom stereocenters. The molecule has 2 aromatic heterocycles. The maximum atomic E-state index is 3.63. The molecule has 0 aliphatic carbocycles. The first-order chi connectivity index (χ1) is 9.15. The van der Waals surface area contributed by atoms with Crippen molar-refractivity contribution in [2.24, 2.45) is 5.92 Å². The lowest BCUT2D eigenvalue weighted by Crippen LogP contribution is -2.25. The molecule has 1 N–H and O–H groups in total. The van der Waals surface area contributed by atoms with Crippen molar-refractivity contribution in [1.82, 2.24) is 5.32 Å². The number of thiophene rings is 2. The van der Waals surface area contributed by atoms with E-state index in [1.807, 2.05) is 22.7 Å². The first-order valence-corrected chi connectivity index (χ1v) is 8.75. The van der Waals surface area contributed by atoms with Crippen LogP contribution in [0.25, 0.3) is 10.4 Å². The summed E-state index contributed by atoms with van der Waals surface area (Å²) in [4.78, 5) is 2.80. The highest BCUT2D eigenvalue weighted by Crippen LogP contribution is 2.29. The molecule has 0 aliphatic rings. The molecule has 0 aliphatic heterocycles. The monoisotopic (exact) mass is 293 g/mol. The highest BCUT2D eigenvalue weighted by atomic mass is 32.1. The first kappa shape index (κ1) is 14.8. The predicted molar refractivity (Wildman–Crippen MR) is 88.0 cm³/mol. The zero-order valence-corrected chi connectivity index (χ0v) is 13.6. The standard InChI is InChI=1S/C16H23NS2/c1-12(2)6-7-13(3)17-10-15-9-14(11-19-15)16-5-4-8-18-16/h4-5,8-9,11-13,17H,6-7,10H2,1-3H3. The second kappa shape index (κ2) is 7.22. The fourth-order valence-corrected chi connectivity index (χ4v) is 3.63. The van der Waals surface area contributed by atoms with Crippen LogP contribution in [-0.4, -0.2) is 6.04 Å². The second-order valence-electron chi connectivity index (χ2n) is 5.53. The fraction of sp³-hybridized carbons (Fsp3) is 0.500. The number of hydrogen-bond donors (Lipinski definition) is 1. The van der Waals surface area contributed by atoms with E-state index in [0.717, 1.165) is 12.5 Å². The van der Waals surface area contributed by atoms with E-state index in [-0.39, 0.29) is 0 Å². The molecule has 0 radical (unpaired) electrons. The second-order valence-corrected chi connectivity index (χ2v) is 7.48. The molecule has 104 valence electrons. The first-order valence-electron chi connectivity index (χ1n) is 7.00. The third-order valence-corrected chi connectivity index (χ3v) is 5.12. The Hall–Kier alpha value is -0.640. The van der Waals surface area contributed by atoms with Crippen LogP contribution in [0.1, 0.15) is 38.5 Å². The molecule has 0 bridgehead atoms. The Morgan fingerprint density at radius 3 is 2.68 bits per heavy atom. The highest BCUT2D eigenvalue weighted by Gasteiger charge is 2.06. The van der Waals surface area contributed by atoms with E-state index < -0.39 is 0 Å². The van der Waals surface area contributed by atoms with Crippen LogP contribution in [0.3, 0.4) is 0 Å². The van der Waals surface area contributed by atoms with Crippen LogP contribution in [0.2, 0.25) is 0 Å². The van der Waals surface area contributed by atoms with Gasteiger partial charge in [-0.3, -0.25) is 0 Å². The molecular weight excluding hydrogens is 270 g/mol. The average Bonchev–Trinajstić information content (AvgIpc) is 3.03. The summed E-state index contributed by atoms with van der Waals surface area (Å²) in [5.41, 5.74) is 1.37. The average molecular weight is 294 g/mol. The van der Waals surface area contributed by atoms with Gasteiger partial charge < -0.3 is 5.32 Å². The van der Waals surface area contributed by atoms with Crippen LogP contribution in [0.5, 0.6) is 0 Å². The Morgan fingerprint density at radius 1 is 1.16 bits per heavy atom. The summed E-state index contributed by atoms with van der Waals surface area (Å²) in [7, 11) is 0. The van der Waals surface area contributed by atoms with Crippen LogP contribution in [0.4, 0.5) is 0 Å². The molecule has 2 rings (SSSR count). The van der Waals surface area contributed by atoms with Crippen molar-refractivity contribution >= 4 is 22.7 Å². The largest absolute Gasteiger partial charge is 0.309 e. The molecule has 19 heavy (non-hydrogen) atoms. The molecule has 3 heteroatoms. The minimum absolute atomic E-state index is 0.606. The Balaban J connectivity index is 1.80. The molecular formula is C16H23NS2. The Bertz CT molecular complexity index is 471. The van der Waals surface area contributed by atoms with Crippen LogP contribution < -0.4 is 5.32 Å². The highest BCUT2D eigenvalue weighted by molar-refractivity contribution is 7.14. The lowest BCUT2D eigenvalue weighted by molar-refractivity contribution is 0.452. The number of nitrogens with one attached hydrogen (secondary N) is 1. The molecule has 0 fully saturated rings. The molecule has 0 amide bonds. The smallest absolute Gasteiger partial charge is 0.0351 e. The van der Waals surface area contributed by atoms with Gasteiger partial charge in [0.15, 0.2) is 0 Å². The van der Waals surface area contributed by atoms with Crippen LogP contribution in [-0.2, 0) is 6.54 Å². The van der Waals surface area contributed by atoms with Gasteiger partial charge in [0.1, 0.15) is 0 Å². The van der Waals surface area contributed by atoms with Gasteiger partial charge in [-0.05, 0) is 48.6 Å². The van der Waals surface area contributed by atoms with Crippen LogP contribution >= 0.6 is 22.7 Å². The van der Waals surface area contributed by atoms with Crippen molar-refractivity contribution in [3.63, 3.8) is 0 Å². The SMILES string of the molecule is CC(C)CCC(C)NCc1cc(-c2cccs2)cs1. The molecule has 0 saturated carbocycles. The van der Waals surface area contributed by atoms with Crippen molar-refractivity contribution < 1.29 is 0 Å². The third kappa shape index (κ3) is 4.75. The molecule has 2 aromatic rings. The van der Waals surface area contributed by atoms with E-state index in [2.05, 4.69) is 55.0 Å². The molecule has 0 spiro atoms. The van der Waals surface area contributed by atoms with E-state index in [4.69, 9.17) is 0 Å². The Kier molecular flexibility index (Phi) is 5.61. The number of hydrogen-bond acceptors (Lipinski definition) is 3. The summed E-state index contributed by atoms with van der Waals surface area (Å²) in [5, 5.41) is 8.03. The van der Waals surface area contributed by atoms with Crippen molar-refractivity contribution in [3.05, 3.63) is 33.8 Å². The molecule has 1 unspecified atom stereocenters. The Labute approximate surface area is 124 Å². The van der Waals surface area contributed by atoms with Gasteiger partial charge in [-0.2, -0.15) is 0 Å². The van der Waals surface area contributed by atoms with Gasteiger partial charge in [0.05, 0.1) is 0 Å². The van der Waals surface area contributed by atoms with Gasteiger partial charge in [0.2, 0.25) is 0 Å². The molecule has 0 aromatic carbocycles.